The fourth-order valence-electron chi connectivity index (χ4n) is 2.22. The molecule has 0 bridgehead atoms. The zero-order valence-electron chi connectivity index (χ0n) is 9.70. The molecule has 5 heteroatoms. The average molecular weight is 234 g/mol. The van der Waals surface area contributed by atoms with Crippen molar-refractivity contribution < 1.29 is 8.42 Å². The molecule has 4 nitrogen and oxygen atoms in total. The highest BCUT2D eigenvalue weighted by Gasteiger charge is 2.28. The maximum absolute atomic E-state index is 11.6. The molecular formula is C10H22N2O2S. The summed E-state index contributed by atoms with van der Waals surface area (Å²) in [5.74, 6) is 0. The molecule has 0 unspecified atom stereocenters. The molecule has 0 aromatic heterocycles. The molecule has 1 fully saturated rings. The van der Waals surface area contributed by atoms with Gasteiger partial charge in [0.1, 0.15) is 0 Å². The van der Waals surface area contributed by atoms with Gasteiger partial charge >= 0.3 is 0 Å². The van der Waals surface area contributed by atoms with Gasteiger partial charge < -0.3 is 5.32 Å². The van der Waals surface area contributed by atoms with Crippen LogP contribution in [0.3, 0.4) is 0 Å². The number of hydrogen-bond acceptors (Lipinski definition) is 3. The molecule has 0 amide bonds. The fourth-order valence-corrected chi connectivity index (χ4v) is 3.44. The van der Waals surface area contributed by atoms with Crippen LogP contribution in [0.15, 0.2) is 0 Å². The standard InChI is InChI=1S/C10H22N2O2S/c1-11-8-5-9-12(15(2,13)14)10-6-3-4-7-10/h10-11H,3-9H2,1-2H3. The van der Waals surface area contributed by atoms with Crippen molar-refractivity contribution in [3.63, 3.8) is 0 Å². The van der Waals surface area contributed by atoms with Crippen LogP contribution in [0.25, 0.3) is 0 Å². The summed E-state index contributed by atoms with van der Waals surface area (Å²) in [5.41, 5.74) is 0. The largest absolute Gasteiger partial charge is 0.320 e. The van der Waals surface area contributed by atoms with Crippen LogP contribution >= 0.6 is 0 Å². The minimum Gasteiger partial charge on any atom is -0.320 e. The summed E-state index contributed by atoms with van der Waals surface area (Å²) in [4.78, 5) is 0. The Bertz CT molecular complexity index is 271. The van der Waals surface area contributed by atoms with Gasteiger partial charge in [0.05, 0.1) is 6.26 Å². The van der Waals surface area contributed by atoms with Crippen LogP contribution in [-0.4, -0.2) is 45.2 Å². The molecule has 0 aromatic rings. The predicted octanol–water partition coefficient (Wildman–Crippen LogP) is 0.800. The van der Waals surface area contributed by atoms with Gasteiger partial charge in [-0.25, -0.2) is 8.42 Å². The molecule has 15 heavy (non-hydrogen) atoms. The Hall–Kier alpha value is -0.130. The highest BCUT2D eigenvalue weighted by atomic mass is 32.2. The second-order valence-electron chi connectivity index (χ2n) is 4.27. The number of hydrogen-bond donors (Lipinski definition) is 1. The minimum absolute atomic E-state index is 0.261. The molecule has 0 spiro atoms. The molecular weight excluding hydrogens is 212 g/mol. The Kier molecular flexibility index (Phi) is 5.02. The molecule has 0 aromatic carbocycles. The van der Waals surface area contributed by atoms with E-state index in [0.717, 1.165) is 25.8 Å². The summed E-state index contributed by atoms with van der Waals surface area (Å²) >= 11 is 0. The lowest BCUT2D eigenvalue weighted by molar-refractivity contribution is 0.320. The minimum atomic E-state index is -3.02. The molecule has 90 valence electrons. The van der Waals surface area contributed by atoms with E-state index in [1.165, 1.54) is 19.1 Å². The van der Waals surface area contributed by atoms with E-state index in [2.05, 4.69) is 5.32 Å². The van der Waals surface area contributed by atoms with Crippen LogP contribution in [0.5, 0.6) is 0 Å². The van der Waals surface area contributed by atoms with Crippen molar-refractivity contribution >= 4 is 10.0 Å². The zero-order chi connectivity index (χ0) is 11.3. The second kappa shape index (κ2) is 5.82. The quantitative estimate of drug-likeness (QED) is 0.692. The first kappa shape index (κ1) is 12.9. The van der Waals surface area contributed by atoms with Gasteiger partial charge in [-0.2, -0.15) is 4.31 Å². The highest BCUT2D eigenvalue weighted by Crippen LogP contribution is 2.25. The highest BCUT2D eigenvalue weighted by molar-refractivity contribution is 7.88. The van der Waals surface area contributed by atoms with Crippen LogP contribution in [0.4, 0.5) is 0 Å². The van der Waals surface area contributed by atoms with Gasteiger partial charge in [-0.3, -0.25) is 0 Å². The topological polar surface area (TPSA) is 49.4 Å². The van der Waals surface area contributed by atoms with Crippen molar-refractivity contribution in [2.75, 3.05) is 26.4 Å². The van der Waals surface area contributed by atoms with Crippen molar-refractivity contribution in [2.45, 2.75) is 38.1 Å². The summed E-state index contributed by atoms with van der Waals surface area (Å²) < 4.78 is 24.9. The SMILES string of the molecule is CNCCCN(C1CCCC1)S(C)(=O)=O. The fraction of sp³-hybridized carbons (Fsp3) is 1.00. The van der Waals surface area contributed by atoms with E-state index < -0.39 is 10.0 Å². The Morgan fingerprint density at radius 1 is 1.33 bits per heavy atom. The predicted molar refractivity (Wildman–Crippen MR) is 62.3 cm³/mol. The van der Waals surface area contributed by atoms with E-state index >= 15 is 0 Å². The first-order valence-electron chi connectivity index (χ1n) is 5.67. The lowest BCUT2D eigenvalue weighted by Gasteiger charge is -2.26. The van der Waals surface area contributed by atoms with Gasteiger partial charge in [0.15, 0.2) is 0 Å². The Morgan fingerprint density at radius 3 is 2.40 bits per heavy atom. The lowest BCUT2D eigenvalue weighted by atomic mass is 10.2. The number of rotatable bonds is 6. The van der Waals surface area contributed by atoms with Crippen LogP contribution in [-0.2, 0) is 10.0 Å². The summed E-state index contributed by atoms with van der Waals surface area (Å²) in [6.07, 6.45) is 6.62. The summed E-state index contributed by atoms with van der Waals surface area (Å²) in [6.45, 7) is 1.53. The Labute approximate surface area is 93.1 Å². The number of nitrogens with one attached hydrogen (secondary N) is 1. The van der Waals surface area contributed by atoms with E-state index in [0.29, 0.717) is 6.54 Å². The van der Waals surface area contributed by atoms with Crippen LogP contribution < -0.4 is 5.32 Å². The van der Waals surface area contributed by atoms with Crippen molar-refractivity contribution in [3.8, 4) is 0 Å². The normalized spacial score (nSPS) is 18.9. The maximum atomic E-state index is 11.6. The summed E-state index contributed by atoms with van der Waals surface area (Å²) in [7, 11) is -1.13. The van der Waals surface area contributed by atoms with Crippen LogP contribution in [0.1, 0.15) is 32.1 Å². The summed E-state index contributed by atoms with van der Waals surface area (Å²) in [5, 5.41) is 3.04. The van der Waals surface area contributed by atoms with Crippen molar-refractivity contribution in [2.24, 2.45) is 0 Å². The van der Waals surface area contributed by atoms with Gasteiger partial charge in [-0.15, -0.1) is 0 Å². The molecule has 0 atom stereocenters. The molecule has 0 radical (unpaired) electrons. The Balaban J connectivity index is 2.53. The first-order valence-corrected chi connectivity index (χ1v) is 7.52. The van der Waals surface area contributed by atoms with E-state index in [4.69, 9.17) is 0 Å². The molecule has 1 saturated carbocycles. The maximum Gasteiger partial charge on any atom is 0.211 e. The third kappa shape index (κ3) is 4.09. The van der Waals surface area contributed by atoms with E-state index in [1.54, 1.807) is 4.31 Å². The van der Waals surface area contributed by atoms with Crippen molar-refractivity contribution in [1.82, 2.24) is 9.62 Å². The molecule has 0 saturated heterocycles. The molecule has 0 aliphatic heterocycles. The molecule has 1 aliphatic carbocycles. The average Bonchev–Trinajstić information content (AvgIpc) is 2.63. The smallest absolute Gasteiger partial charge is 0.211 e. The van der Waals surface area contributed by atoms with Gasteiger partial charge in [0.25, 0.3) is 0 Å². The third-order valence-corrected chi connectivity index (χ3v) is 4.30. The number of nitrogens with zero attached hydrogens (tertiary/aromatic N) is 1. The Morgan fingerprint density at radius 2 is 1.93 bits per heavy atom. The monoisotopic (exact) mass is 234 g/mol. The van der Waals surface area contributed by atoms with Gasteiger partial charge in [-0.05, 0) is 32.9 Å². The number of sulfonamides is 1. The lowest BCUT2D eigenvalue weighted by Crippen LogP contribution is -2.39. The van der Waals surface area contributed by atoms with E-state index in [9.17, 15) is 8.42 Å². The van der Waals surface area contributed by atoms with Gasteiger partial charge in [0, 0.05) is 12.6 Å². The molecule has 1 rings (SSSR count). The second-order valence-corrected chi connectivity index (χ2v) is 6.20. The summed E-state index contributed by atoms with van der Waals surface area (Å²) in [6, 6.07) is 0.261. The third-order valence-electron chi connectivity index (χ3n) is 2.96. The zero-order valence-corrected chi connectivity index (χ0v) is 10.5. The van der Waals surface area contributed by atoms with Crippen molar-refractivity contribution in [1.29, 1.82) is 0 Å². The van der Waals surface area contributed by atoms with Crippen molar-refractivity contribution in [3.05, 3.63) is 0 Å². The van der Waals surface area contributed by atoms with Crippen LogP contribution in [0, 0.1) is 0 Å². The van der Waals surface area contributed by atoms with Gasteiger partial charge in [0.2, 0.25) is 10.0 Å². The molecule has 0 heterocycles. The molecule has 1 aliphatic rings. The van der Waals surface area contributed by atoms with E-state index in [-0.39, 0.29) is 6.04 Å². The van der Waals surface area contributed by atoms with Crippen LogP contribution in [0.2, 0.25) is 0 Å². The first-order chi connectivity index (χ1) is 7.05. The van der Waals surface area contributed by atoms with Gasteiger partial charge in [-0.1, -0.05) is 12.8 Å². The van der Waals surface area contributed by atoms with E-state index in [1.807, 2.05) is 7.05 Å². The molecule has 1 N–H and O–H groups in total.